The van der Waals surface area contributed by atoms with Gasteiger partial charge in [-0.1, -0.05) is 18.2 Å². The van der Waals surface area contributed by atoms with E-state index in [-0.39, 0.29) is 11.3 Å². The lowest BCUT2D eigenvalue weighted by atomic mass is 10.1. The zero-order valence-electron chi connectivity index (χ0n) is 9.21. The van der Waals surface area contributed by atoms with Crippen molar-refractivity contribution in [2.24, 2.45) is 5.73 Å². The molecule has 1 amide bonds. The van der Waals surface area contributed by atoms with Crippen molar-refractivity contribution < 1.29 is 19.5 Å². The number of amides is 1. The van der Waals surface area contributed by atoms with Gasteiger partial charge in [0.05, 0.1) is 11.3 Å². The molecule has 0 radical (unpaired) electrons. The Kier molecular flexibility index (Phi) is 3.01. The monoisotopic (exact) mass is 246 g/mol. The molecule has 92 valence electrons. The van der Waals surface area contributed by atoms with Crippen LogP contribution in [0.3, 0.4) is 0 Å². The largest absolute Gasteiger partial charge is 0.478 e. The molecule has 1 aliphatic rings. The van der Waals surface area contributed by atoms with Gasteiger partial charge in [0.1, 0.15) is 0 Å². The van der Waals surface area contributed by atoms with Gasteiger partial charge in [0.15, 0.2) is 5.75 Å². The lowest BCUT2D eigenvalue weighted by Gasteiger charge is -2.18. The fraction of sp³-hybridized carbons (Fsp3) is 0. The van der Waals surface area contributed by atoms with E-state index in [1.54, 1.807) is 30.3 Å². The van der Waals surface area contributed by atoms with E-state index in [0.717, 1.165) is 6.08 Å². The predicted octanol–water partition coefficient (Wildman–Crippen LogP) is 0.421. The molecule has 1 aliphatic heterocycles. The minimum atomic E-state index is -1.27. The fourth-order valence-electron chi connectivity index (χ4n) is 1.52. The molecule has 1 aromatic carbocycles. The van der Waals surface area contributed by atoms with Crippen LogP contribution in [0.2, 0.25) is 0 Å². The average Bonchev–Trinajstić information content (AvgIpc) is 2.35. The Labute approximate surface area is 102 Å². The van der Waals surface area contributed by atoms with Crippen LogP contribution in [0, 0.1) is 0 Å². The molecule has 0 aromatic heterocycles. The Hall–Kier alpha value is -2.76. The third kappa shape index (κ3) is 2.32. The van der Waals surface area contributed by atoms with E-state index in [4.69, 9.17) is 15.7 Å². The lowest BCUT2D eigenvalue weighted by Crippen LogP contribution is -2.26. The standard InChI is InChI=1S/C12H10N2O4/c13-11(15)6-8(12(16)17)9-5-7-3-1-2-4-10(7)18-14-9/h1-6,14H,(H2,13,15)(H,16,17)/b8-6-. The molecule has 2 rings (SSSR count). The highest BCUT2D eigenvalue weighted by atomic mass is 16.6. The molecule has 0 atom stereocenters. The number of para-hydroxylation sites is 1. The second kappa shape index (κ2) is 4.62. The van der Waals surface area contributed by atoms with Crippen molar-refractivity contribution in [3.63, 3.8) is 0 Å². The zero-order chi connectivity index (χ0) is 13.1. The van der Waals surface area contributed by atoms with Crippen molar-refractivity contribution in [1.29, 1.82) is 0 Å². The summed E-state index contributed by atoms with van der Waals surface area (Å²) >= 11 is 0. The van der Waals surface area contributed by atoms with Crippen LogP contribution < -0.4 is 16.1 Å². The van der Waals surface area contributed by atoms with Crippen molar-refractivity contribution in [3.8, 4) is 5.75 Å². The maximum atomic E-state index is 11.0. The number of hydrogen-bond donors (Lipinski definition) is 3. The molecule has 1 heterocycles. The SMILES string of the molecule is NC(=O)/C=C(\C(=O)O)C1=Cc2ccccc2ON1. The van der Waals surface area contributed by atoms with E-state index in [1.807, 2.05) is 0 Å². The molecule has 0 unspecified atom stereocenters. The van der Waals surface area contributed by atoms with Crippen LogP contribution in [0.5, 0.6) is 5.75 Å². The summed E-state index contributed by atoms with van der Waals surface area (Å²) in [6.07, 6.45) is 2.40. The van der Waals surface area contributed by atoms with Gasteiger partial charge in [-0.25, -0.2) is 10.3 Å². The molecule has 0 saturated heterocycles. The van der Waals surface area contributed by atoms with Crippen molar-refractivity contribution in [1.82, 2.24) is 5.48 Å². The zero-order valence-corrected chi connectivity index (χ0v) is 9.21. The molecule has 0 fully saturated rings. The quantitative estimate of drug-likeness (QED) is 0.671. The molecule has 18 heavy (non-hydrogen) atoms. The molecule has 0 bridgehead atoms. The van der Waals surface area contributed by atoms with Gasteiger partial charge >= 0.3 is 5.97 Å². The number of rotatable bonds is 3. The number of carbonyl (C=O) groups is 2. The highest BCUT2D eigenvalue weighted by Gasteiger charge is 2.19. The van der Waals surface area contributed by atoms with Crippen LogP contribution >= 0.6 is 0 Å². The van der Waals surface area contributed by atoms with Crippen LogP contribution in [0.15, 0.2) is 41.6 Å². The van der Waals surface area contributed by atoms with Gasteiger partial charge in [-0.15, -0.1) is 0 Å². The summed E-state index contributed by atoms with van der Waals surface area (Å²) in [5, 5.41) is 9.01. The molecule has 0 aliphatic carbocycles. The molecular weight excluding hydrogens is 236 g/mol. The number of fused-ring (bicyclic) bond motifs is 1. The van der Waals surface area contributed by atoms with Gasteiger partial charge in [-0.3, -0.25) is 4.79 Å². The summed E-state index contributed by atoms with van der Waals surface area (Å²) < 4.78 is 0. The van der Waals surface area contributed by atoms with E-state index in [2.05, 4.69) is 5.48 Å². The first kappa shape index (κ1) is 11.7. The Morgan fingerprint density at radius 3 is 2.72 bits per heavy atom. The van der Waals surface area contributed by atoms with E-state index in [1.165, 1.54) is 0 Å². The summed E-state index contributed by atoms with van der Waals surface area (Å²) in [6, 6.07) is 7.07. The smallest absolute Gasteiger partial charge is 0.338 e. The molecule has 4 N–H and O–H groups in total. The molecule has 6 heteroatoms. The molecule has 1 aromatic rings. The highest BCUT2D eigenvalue weighted by Crippen LogP contribution is 2.26. The van der Waals surface area contributed by atoms with E-state index in [0.29, 0.717) is 11.3 Å². The minimum Gasteiger partial charge on any atom is -0.478 e. The van der Waals surface area contributed by atoms with Crippen molar-refractivity contribution in [2.75, 3.05) is 0 Å². The normalized spacial score (nSPS) is 13.8. The highest BCUT2D eigenvalue weighted by molar-refractivity contribution is 6.01. The summed E-state index contributed by atoms with van der Waals surface area (Å²) in [5.74, 6) is -1.53. The van der Waals surface area contributed by atoms with Gasteiger partial charge in [-0.05, 0) is 12.1 Å². The van der Waals surface area contributed by atoms with Gasteiger partial charge in [0, 0.05) is 11.6 Å². The number of nitrogens with two attached hydrogens (primary N) is 1. The Bertz CT molecular complexity index is 575. The second-order valence-electron chi connectivity index (χ2n) is 3.57. The minimum absolute atomic E-state index is 0.167. The van der Waals surface area contributed by atoms with Gasteiger partial charge in [0.2, 0.25) is 5.91 Å². The maximum Gasteiger partial charge on any atom is 0.338 e. The third-order valence-corrected chi connectivity index (χ3v) is 2.30. The third-order valence-electron chi connectivity index (χ3n) is 2.30. The van der Waals surface area contributed by atoms with Crippen LogP contribution in [0.4, 0.5) is 0 Å². The number of nitrogens with one attached hydrogen (secondary N) is 1. The van der Waals surface area contributed by atoms with E-state index in [9.17, 15) is 9.59 Å². The molecular formula is C12H10N2O4. The molecule has 0 spiro atoms. The molecule has 0 saturated carbocycles. The van der Waals surface area contributed by atoms with Gasteiger partial charge < -0.3 is 15.7 Å². The number of hydroxylamine groups is 1. The van der Waals surface area contributed by atoms with E-state index < -0.39 is 11.9 Å². The average molecular weight is 246 g/mol. The van der Waals surface area contributed by atoms with Crippen LogP contribution in [-0.4, -0.2) is 17.0 Å². The Balaban J connectivity index is 2.43. The predicted molar refractivity (Wildman–Crippen MR) is 63.1 cm³/mol. The van der Waals surface area contributed by atoms with Crippen LogP contribution in [0.1, 0.15) is 5.56 Å². The number of carboxylic acids is 1. The van der Waals surface area contributed by atoms with Gasteiger partial charge in [-0.2, -0.15) is 0 Å². The fourth-order valence-corrected chi connectivity index (χ4v) is 1.52. The first-order chi connectivity index (χ1) is 8.58. The Morgan fingerprint density at radius 2 is 2.06 bits per heavy atom. The number of hydrogen-bond acceptors (Lipinski definition) is 4. The first-order valence-corrected chi connectivity index (χ1v) is 5.06. The molecule has 6 nitrogen and oxygen atoms in total. The number of benzene rings is 1. The number of carboxylic acid groups (broad SMARTS) is 1. The lowest BCUT2D eigenvalue weighted by molar-refractivity contribution is -0.132. The number of carbonyl (C=O) groups excluding carboxylic acids is 1. The topological polar surface area (TPSA) is 102 Å². The Morgan fingerprint density at radius 1 is 1.33 bits per heavy atom. The van der Waals surface area contributed by atoms with Crippen molar-refractivity contribution in [3.05, 3.63) is 47.2 Å². The van der Waals surface area contributed by atoms with Crippen LogP contribution in [-0.2, 0) is 9.59 Å². The van der Waals surface area contributed by atoms with Gasteiger partial charge in [0.25, 0.3) is 0 Å². The van der Waals surface area contributed by atoms with E-state index >= 15 is 0 Å². The maximum absolute atomic E-state index is 11.0. The van der Waals surface area contributed by atoms with Crippen LogP contribution in [0.25, 0.3) is 6.08 Å². The first-order valence-electron chi connectivity index (χ1n) is 5.06. The summed E-state index contributed by atoms with van der Waals surface area (Å²) in [5.41, 5.74) is 8.05. The second-order valence-corrected chi connectivity index (χ2v) is 3.57. The summed E-state index contributed by atoms with van der Waals surface area (Å²) in [6.45, 7) is 0. The van der Waals surface area contributed by atoms with Crippen molar-refractivity contribution >= 4 is 18.0 Å². The summed E-state index contributed by atoms with van der Waals surface area (Å²) in [7, 11) is 0. The summed E-state index contributed by atoms with van der Waals surface area (Å²) in [4.78, 5) is 27.0. The van der Waals surface area contributed by atoms with Crippen molar-refractivity contribution in [2.45, 2.75) is 0 Å². The number of aliphatic carboxylic acids is 1. The number of primary amides is 1.